The normalized spacial score (nSPS) is 11.6. The molecule has 0 saturated carbocycles. The maximum absolute atomic E-state index is 11.9. The molecule has 0 aliphatic heterocycles. The molecular formula is C15H21N3O5. The Morgan fingerprint density at radius 3 is 2.17 bits per heavy atom. The average Bonchev–Trinajstić information content (AvgIpc) is 2.47. The number of aliphatic carboxylic acids is 1. The van der Waals surface area contributed by atoms with Crippen LogP contribution in [0.3, 0.4) is 0 Å². The number of nitrogens with one attached hydrogen (secondary N) is 3. The molecule has 0 aromatic heterocycles. The first-order chi connectivity index (χ1) is 10.9. The van der Waals surface area contributed by atoms with Crippen molar-refractivity contribution in [2.24, 2.45) is 0 Å². The molecule has 23 heavy (non-hydrogen) atoms. The van der Waals surface area contributed by atoms with E-state index in [0.29, 0.717) is 24.5 Å². The number of ether oxygens (including phenoxy) is 1. The van der Waals surface area contributed by atoms with Crippen LogP contribution < -0.4 is 16.0 Å². The van der Waals surface area contributed by atoms with Crippen LogP contribution in [0.25, 0.3) is 0 Å². The van der Waals surface area contributed by atoms with Crippen LogP contribution >= 0.6 is 0 Å². The summed E-state index contributed by atoms with van der Waals surface area (Å²) in [5, 5.41) is 17.0. The van der Waals surface area contributed by atoms with Gasteiger partial charge in [0.15, 0.2) is 0 Å². The fraction of sp³-hybridized carbons (Fsp3) is 0.400. The fourth-order valence-corrected chi connectivity index (χ4v) is 1.82. The predicted molar refractivity (Wildman–Crippen MR) is 85.3 cm³/mol. The van der Waals surface area contributed by atoms with Crippen molar-refractivity contribution in [2.45, 2.75) is 19.4 Å². The second-order valence-corrected chi connectivity index (χ2v) is 4.85. The van der Waals surface area contributed by atoms with Crippen molar-refractivity contribution < 1.29 is 24.2 Å². The predicted octanol–water partition coefficient (Wildman–Crippen LogP) is 0.663. The van der Waals surface area contributed by atoms with Gasteiger partial charge in [0, 0.05) is 32.0 Å². The molecule has 0 fully saturated rings. The van der Waals surface area contributed by atoms with Crippen molar-refractivity contribution in [3.05, 3.63) is 24.3 Å². The number of anilines is 2. The van der Waals surface area contributed by atoms with E-state index in [2.05, 4.69) is 16.0 Å². The van der Waals surface area contributed by atoms with Gasteiger partial charge in [0.25, 0.3) is 0 Å². The van der Waals surface area contributed by atoms with Crippen LogP contribution in [0.2, 0.25) is 0 Å². The maximum atomic E-state index is 11.9. The monoisotopic (exact) mass is 323 g/mol. The zero-order valence-corrected chi connectivity index (χ0v) is 13.1. The number of hydrogen-bond acceptors (Lipinski definition) is 5. The number of carbonyl (C=O) groups is 3. The van der Waals surface area contributed by atoms with Crippen molar-refractivity contribution in [1.82, 2.24) is 5.32 Å². The summed E-state index contributed by atoms with van der Waals surface area (Å²) in [6.45, 7) is 2.10. The molecule has 8 heteroatoms. The Labute approximate surface area is 134 Å². The molecule has 0 aliphatic rings. The standard InChI is InChI=1S/C15H21N3O5/c1-10(19)17-11-3-5-12(6-4-11)18-14(20)9-13(15(21)22)16-7-8-23-2/h3-6,13,16H,7-9H2,1-2H3,(H,17,19)(H,18,20)(H,21,22). The van der Waals surface area contributed by atoms with E-state index in [-0.39, 0.29) is 12.3 Å². The quantitative estimate of drug-likeness (QED) is 0.496. The Kier molecular flexibility index (Phi) is 7.72. The van der Waals surface area contributed by atoms with Crippen molar-refractivity contribution in [3.63, 3.8) is 0 Å². The number of carboxylic acids is 1. The molecule has 8 nitrogen and oxygen atoms in total. The fourth-order valence-electron chi connectivity index (χ4n) is 1.82. The zero-order chi connectivity index (χ0) is 17.2. The lowest BCUT2D eigenvalue weighted by molar-refractivity contribution is -0.141. The molecule has 1 unspecified atom stereocenters. The van der Waals surface area contributed by atoms with Gasteiger partial charge < -0.3 is 25.8 Å². The first kappa shape index (κ1) is 18.6. The molecule has 0 bridgehead atoms. The lowest BCUT2D eigenvalue weighted by Gasteiger charge is -2.14. The van der Waals surface area contributed by atoms with Crippen LogP contribution in [0.4, 0.5) is 11.4 Å². The highest BCUT2D eigenvalue weighted by Crippen LogP contribution is 2.14. The average molecular weight is 323 g/mol. The van der Waals surface area contributed by atoms with Gasteiger partial charge in [0.05, 0.1) is 13.0 Å². The lowest BCUT2D eigenvalue weighted by Crippen LogP contribution is -2.41. The van der Waals surface area contributed by atoms with Gasteiger partial charge in [-0.05, 0) is 24.3 Å². The number of rotatable bonds is 9. The summed E-state index contributed by atoms with van der Waals surface area (Å²) in [5.41, 5.74) is 1.13. The molecular weight excluding hydrogens is 302 g/mol. The third kappa shape index (κ3) is 7.39. The first-order valence-electron chi connectivity index (χ1n) is 7.05. The molecule has 1 atom stereocenters. The van der Waals surface area contributed by atoms with E-state index >= 15 is 0 Å². The molecule has 0 heterocycles. The minimum Gasteiger partial charge on any atom is -0.480 e. The number of carbonyl (C=O) groups excluding carboxylic acids is 2. The zero-order valence-electron chi connectivity index (χ0n) is 13.1. The van der Waals surface area contributed by atoms with Gasteiger partial charge in [-0.15, -0.1) is 0 Å². The van der Waals surface area contributed by atoms with E-state index < -0.39 is 17.9 Å². The summed E-state index contributed by atoms with van der Waals surface area (Å²) in [6, 6.07) is 5.54. The third-order valence-corrected chi connectivity index (χ3v) is 2.87. The van der Waals surface area contributed by atoms with Gasteiger partial charge in [0.1, 0.15) is 6.04 Å². The first-order valence-corrected chi connectivity index (χ1v) is 7.05. The summed E-state index contributed by atoms with van der Waals surface area (Å²) in [5.74, 6) is -1.71. The van der Waals surface area contributed by atoms with Gasteiger partial charge in [-0.25, -0.2) is 0 Å². The Hall–Kier alpha value is -2.45. The number of methoxy groups -OCH3 is 1. The summed E-state index contributed by atoms with van der Waals surface area (Å²) >= 11 is 0. The van der Waals surface area contributed by atoms with Crippen LogP contribution in [0.1, 0.15) is 13.3 Å². The molecule has 0 saturated heterocycles. The van der Waals surface area contributed by atoms with Gasteiger partial charge in [0.2, 0.25) is 11.8 Å². The van der Waals surface area contributed by atoms with E-state index in [1.807, 2.05) is 0 Å². The van der Waals surface area contributed by atoms with Crippen molar-refractivity contribution >= 4 is 29.2 Å². The number of amides is 2. The minimum atomic E-state index is -1.10. The van der Waals surface area contributed by atoms with E-state index in [4.69, 9.17) is 9.84 Å². The highest BCUT2D eigenvalue weighted by atomic mass is 16.5. The maximum Gasteiger partial charge on any atom is 0.321 e. The molecule has 0 aliphatic carbocycles. The molecule has 1 aromatic rings. The van der Waals surface area contributed by atoms with Gasteiger partial charge in [-0.1, -0.05) is 0 Å². The lowest BCUT2D eigenvalue weighted by atomic mass is 10.2. The van der Waals surface area contributed by atoms with Crippen molar-refractivity contribution in [3.8, 4) is 0 Å². The van der Waals surface area contributed by atoms with E-state index in [9.17, 15) is 14.4 Å². The van der Waals surface area contributed by atoms with Crippen LogP contribution in [0.15, 0.2) is 24.3 Å². The Morgan fingerprint density at radius 2 is 1.70 bits per heavy atom. The molecule has 1 aromatic carbocycles. The summed E-state index contributed by atoms with van der Waals surface area (Å²) in [4.78, 5) is 33.9. The Morgan fingerprint density at radius 1 is 1.13 bits per heavy atom. The molecule has 1 rings (SSSR count). The van der Waals surface area contributed by atoms with Crippen molar-refractivity contribution in [2.75, 3.05) is 30.9 Å². The van der Waals surface area contributed by atoms with E-state index in [1.54, 1.807) is 24.3 Å². The van der Waals surface area contributed by atoms with Crippen LogP contribution in [-0.4, -0.2) is 49.2 Å². The van der Waals surface area contributed by atoms with Crippen LogP contribution in [0, 0.1) is 0 Å². The molecule has 4 N–H and O–H groups in total. The molecule has 126 valence electrons. The van der Waals surface area contributed by atoms with Crippen molar-refractivity contribution in [1.29, 1.82) is 0 Å². The van der Waals surface area contributed by atoms with Gasteiger partial charge in [-0.3, -0.25) is 14.4 Å². The molecule has 0 radical (unpaired) electrons. The third-order valence-electron chi connectivity index (χ3n) is 2.87. The molecule has 0 spiro atoms. The van der Waals surface area contributed by atoms with Crippen LogP contribution in [0.5, 0.6) is 0 Å². The number of benzene rings is 1. The van der Waals surface area contributed by atoms with Crippen LogP contribution in [-0.2, 0) is 19.1 Å². The summed E-state index contributed by atoms with van der Waals surface area (Å²) < 4.78 is 4.83. The van der Waals surface area contributed by atoms with E-state index in [1.165, 1.54) is 14.0 Å². The number of hydrogen-bond donors (Lipinski definition) is 4. The van der Waals surface area contributed by atoms with Gasteiger partial charge >= 0.3 is 5.97 Å². The largest absolute Gasteiger partial charge is 0.480 e. The van der Waals surface area contributed by atoms with Gasteiger partial charge in [-0.2, -0.15) is 0 Å². The smallest absolute Gasteiger partial charge is 0.321 e. The highest BCUT2D eigenvalue weighted by molar-refractivity contribution is 5.94. The second-order valence-electron chi connectivity index (χ2n) is 4.85. The highest BCUT2D eigenvalue weighted by Gasteiger charge is 2.20. The Balaban J connectivity index is 2.53. The second kappa shape index (κ2) is 9.54. The molecule has 2 amide bonds. The topological polar surface area (TPSA) is 117 Å². The minimum absolute atomic E-state index is 0.187. The Bertz CT molecular complexity index is 545. The summed E-state index contributed by atoms with van der Waals surface area (Å²) in [7, 11) is 1.51. The number of carboxylic acid groups (broad SMARTS) is 1. The van der Waals surface area contributed by atoms with E-state index in [0.717, 1.165) is 0 Å². The SMILES string of the molecule is COCCNC(CC(=O)Nc1ccc(NC(C)=O)cc1)C(=O)O. The summed E-state index contributed by atoms with van der Waals surface area (Å²) in [6.07, 6.45) is -0.202.